The van der Waals surface area contributed by atoms with E-state index in [4.69, 9.17) is 16.3 Å². The molecule has 0 spiro atoms. The second kappa shape index (κ2) is 16.2. The quantitative estimate of drug-likeness (QED) is 0.155. The molecule has 1 atom stereocenters. The van der Waals surface area contributed by atoms with Crippen molar-refractivity contribution in [1.29, 1.82) is 0 Å². The zero-order valence-electron chi connectivity index (χ0n) is 27.3. The molecule has 4 aromatic carbocycles. The third-order valence-corrected chi connectivity index (χ3v) is 10.5. The number of amides is 2. The van der Waals surface area contributed by atoms with Gasteiger partial charge in [-0.1, -0.05) is 96.7 Å². The van der Waals surface area contributed by atoms with Gasteiger partial charge in [0, 0.05) is 24.0 Å². The Bertz CT molecular complexity index is 1790. The molecule has 1 aliphatic carbocycles. The Morgan fingerprint density at radius 3 is 2.25 bits per heavy atom. The fraction of sp³-hybridized carbons (Fsp3) is 0.316. The maximum atomic E-state index is 14.8. The highest BCUT2D eigenvalue weighted by Gasteiger charge is 2.36. The van der Waals surface area contributed by atoms with Crippen molar-refractivity contribution in [2.75, 3.05) is 17.5 Å². The monoisotopic (exact) mass is 687 g/mol. The first-order valence-corrected chi connectivity index (χ1v) is 18.2. The van der Waals surface area contributed by atoms with Crippen LogP contribution in [0.15, 0.2) is 108 Å². The number of nitrogens with zero attached hydrogens (tertiary/aromatic N) is 2. The van der Waals surface area contributed by atoms with Crippen molar-refractivity contribution in [2.45, 2.75) is 69.5 Å². The summed E-state index contributed by atoms with van der Waals surface area (Å²) in [5.41, 5.74) is 2.94. The molecular weight excluding hydrogens is 646 g/mol. The first-order chi connectivity index (χ1) is 23.2. The summed E-state index contributed by atoms with van der Waals surface area (Å²) in [5.74, 6) is -0.466. The van der Waals surface area contributed by atoms with Gasteiger partial charge in [-0.15, -0.1) is 0 Å². The van der Waals surface area contributed by atoms with E-state index in [1.165, 1.54) is 29.2 Å². The standard InChI is InChI=1S/C38H42ClN3O5S/c1-3-47-36-19-10-9-18-34(36)42(48(45,46)33-22-20-31(39)21-23-33)27-37(43)41(26-30-15-11-12-28(2)24-30)35(25-29-13-5-4-6-14-29)38(44)40-32-16-7-8-17-32/h4-6,9-15,18-24,32,35H,3,7-8,16-17,25-27H2,1-2H3,(H,40,44)/t35-/m0/s1. The van der Waals surface area contributed by atoms with Gasteiger partial charge in [0.05, 0.1) is 17.2 Å². The van der Waals surface area contributed by atoms with Gasteiger partial charge in [0.15, 0.2) is 0 Å². The second-order valence-electron chi connectivity index (χ2n) is 12.1. The Kier molecular flexibility index (Phi) is 11.8. The highest BCUT2D eigenvalue weighted by Crippen LogP contribution is 2.33. The number of para-hydroxylation sites is 2. The lowest BCUT2D eigenvalue weighted by Crippen LogP contribution is -2.54. The van der Waals surface area contributed by atoms with Gasteiger partial charge in [0.2, 0.25) is 11.8 Å². The van der Waals surface area contributed by atoms with E-state index in [0.29, 0.717) is 17.4 Å². The number of carbonyl (C=O) groups excluding carboxylic acids is 2. The van der Waals surface area contributed by atoms with E-state index in [9.17, 15) is 18.0 Å². The number of aryl methyl sites for hydroxylation is 1. The number of sulfonamides is 1. The fourth-order valence-corrected chi connectivity index (χ4v) is 7.67. The van der Waals surface area contributed by atoms with Crippen molar-refractivity contribution in [2.24, 2.45) is 0 Å². The third kappa shape index (κ3) is 8.76. The summed E-state index contributed by atoms with van der Waals surface area (Å²) in [7, 11) is -4.30. The van der Waals surface area contributed by atoms with Crippen LogP contribution in [0.25, 0.3) is 0 Å². The van der Waals surface area contributed by atoms with Gasteiger partial charge < -0.3 is 15.0 Å². The number of anilines is 1. The number of hydrogen-bond donors (Lipinski definition) is 1. The molecule has 0 saturated heterocycles. The maximum absolute atomic E-state index is 14.8. The molecule has 2 amide bonds. The van der Waals surface area contributed by atoms with E-state index in [0.717, 1.165) is 46.7 Å². The van der Waals surface area contributed by atoms with Crippen LogP contribution in [0.5, 0.6) is 5.75 Å². The molecule has 1 aliphatic rings. The summed E-state index contributed by atoms with van der Waals surface area (Å²) in [4.78, 5) is 30.4. The summed E-state index contributed by atoms with van der Waals surface area (Å²) >= 11 is 6.10. The lowest BCUT2D eigenvalue weighted by molar-refractivity contribution is -0.140. The lowest BCUT2D eigenvalue weighted by atomic mass is 10.0. The summed E-state index contributed by atoms with van der Waals surface area (Å²) in [6.07, 6.45) is 4.11. The van der Waals surface area contributed by atoms with Gasteiger partial charge in [-0.2, -0.15) is 0 Å². The van der Waals surface area contributed by atoms with Crippen LogP contribution in [0.2, 0.25) is 5.02 Å². The highest BCUT2D eigenvalue weighted by molar-refractivity contribution is 7.92. The SMILES string of the molecule is CCOc1ccccc1N(CC(=O)N(Cc1cccc(C)c1)[C@@H](Cc1ccccc1)C(=O)NC1CCCC1)S(=O)(=O)c1ccc(Cl)cc1. The van der Waals surface area contributed by atoms with Gasteiger partial charge in [0.1, 0.15) is 18.3 Å². The van der Waals surface area contributed by atoms with Crippen LogP contribution in [0.1, 0.15) is 49.3 Å². The Morgan fingerprint density at radius 1 is 0.896 bits per heavy atom. The van der Waals surface area contributed by atoms with Crippen LogP contribution in [-0.4, -0.2) is 50.4 Å². The topological polar surface area (TPSA) is 96.0 Å². The molecule has 1 saturated carbocycles. The van der Waals surface area contributed by atoms with Crippen molar-refractivity contribution in [3.05, 3.63) is 125 Å². The maximum Gasteiger partial charge on any atom is 0.264 e. The summed E-state index contributed by atoms with van der Waals surface area (Å²) in [5, 5.41) is 3.59. The predicted molar refractivity (Wildman–Crippen MR) is 190 cm³/mol. The lowest BCUT2D eigenvalue weighted by Gasteiger charge is -2.34. The van der Waals surface area contributed by atoms with Gasteiger partial charge in [-0.25, -0.2) is 8.42 Å². The molecular formula is C38H42ClN3O5S. The van der Waals surface area contributed by atoms with E-state index in [-0.39, 0.29) is 35.5 Å². The Balaban J connectivity index is 1.59. The first-order valence-electron chi connectivity index (χ1n) is 16.3. The third-order valence-electron chi connectivity index (χ3n) is 8.52. The number of halogens is 1. The van der Waals surface area contributed by atoms with Crippen molar-refractivity contribution >= 4 is 39.1 Å². The molecule has 0 bridgehead atoms. The van der Waals surface area contributed by atoms with Gasteiger partial charge in [-0.3, -0.25) is 13.9 Å². The van der Waals surface area contributed by atoms with E-state index in [1.54, 1.807) is 31.2 Å². The van der Waals surface area contributed by atoms with Crippen LogP contribution >= 0.6 is 11.6 Å². The van der Waals surface area contributed by atoms with Crippen LogP contribution in [0.3, 0.4) is 0 Å². The van der Waals surface area contributed by atoms with Gasteiger partial charge in [0.25, 0.3) is 10.0 Å². The minimum Gasteiger partial charge on any atom is -0.492 e. The highest BCUT2D eigenvalue weighted by atomic mass is 35.5. The van der Waals surface area contributed by atoms with Crippen molar-refractivity contribution < 1.29 is 22.7 Å². The number of carbonyl (C=O) groups is 2. The molecule has 0 aromatic heterocycles. The molecule has 0 radical (unpaired) electrons. The average Bonchev–Trinajstić information content (AvgIpc) is 3.59. The van der Waals surface area contributed by atoms with Crippen LogP contribution in [0.4, 0.5) is 5.69 Å². The van der Waals surface area contributed by atoms with Gasteiger partial charge >= 0.3 is 0 Å². The van der Waals surface area contributed by atoms with Crippen LogP contribution in [-0.2, 0) is 32.6 Å². The minimum atomic E-state index is -4.30. The molecule has 0 heterocycles. The normalized spacial score (nSPS) is 13.9. The van der Waals surface area contributed by atoms with Crippen molar-refractivity contribution in [3.8, 4) is 5.75 Å². The number of rotatable bonds is 14. The summed E-state index contributed by atoms with van der Waals surface area (Å²) in [6.45, 7) is 3.61. The smallest absolute Gasteiger partial charge is 0.264 e. The fourth-order valence-electron chi connectivity index (χ4n) is 6.12. The first kappa shape index (κ1) is 35.0. The zero-order valence-corrected chi connectivity index (χ0v) is 28.9. The summed E-state index contributed by atoms with van der Waals surface area (Å²) < 4.78 is 35.6. The zero-order chi connectivity index (χ0) is 34.1. The molecule has 252 valence electrons. The number of ether oxygens (including phenoxy) is 1. The molecule has 8 nitrogen and oxygen atoms in total. The Hall–Kier alpha value is -4.34. The Labute approximate surface area is 288 Å². The predicted octanol–water partition coefficient (Wildman–Crippen LogP) is 6.94. The van der Waals surface area contributed by atoms with E-state index in [1.807, 2.05) is 61.5 Å². The molecule has 48 heavy (non-hydrogen) atoms. The van der Waals surface area contributed by atoms with Crippen molar-refractivity contribution in [3.63, 3.8) is 0 Å². The van der Waals surface area contributed by atoms with E-state index in [2.05, 4.69) is 5.32 Å². The van der Waals surface area contributed by atoms with Crippen LogP contribution < -0.4 is 14.4 Å². The number of nitrogens with one attached hydrogen (secondary N) is 1. The largest absolute Gasteiger partial charge is 0.492 e. The van der Waals surface area contributed by atoms with E-state index < -0.39 is 28.5 Å². The van der Waals surface area contributed by atoms with Gasteiger partial charge in [-0.05, 0) is 74.2 Å². The Morgan fingerprint density at radius 2 is 1.56 bits per heavy atom. The average molecular weight is 688 g/mol. The molecule has 10 heteroatoms. The van der Waals surface area contributed by atoms with E-state index >= 15 is 0 Å². The molecule has 1 N–H and O–H groups in total. The summed E-state index contributed by atoms with van der Waals surface area (Å²) in [6, 6.07) is 29.0. The molecule has 1 fully saturated rings. The molecule has 5 rings (SSSR count). The van der Waals surface area contributed by atoms with Crippen molar-refractivity contribution in [1.82, 2.24) is 10.2 Å². The molecule has 4 aromatic rings. The second-order valence-corrected chi connectivity index (χ2v) is 14.4. The number of benzene rings is 4. The van der Waals surface area contributed by atoms with Crippen LogP contribution in [0, 0.1) is 6.92 Å². The minimum absolute atomic E-state index is 0.0314. The molecule has 0 aliphatic heterocycles. The molecule has 0 unspecified atom stereocenters. The number of hydrogen-bond acceptors (Lipinski definition) is 5.